The Bertz CT molecular complexity index is 840. The fourth-order valence-electron chi connectivity index (χ4n) is 1.59. The van der Waals surface area contributed by atoms with Gasteiger partial charge in [0.2, 0.25) is 11.7 Å². The van der Waals surface area contributed by atoms with Crippen LogP contribution < -0.4 is 11.1 Å². The first kappa shape index (κ1) is 16.0. The van der Waals surface area contributed by atoms with Crippen molar-refractivity contribution in [2.45, 2.75) is 0 Å². The number of rotatable bonds is 5. The number of nitro benzene ring substituents is 1. The third kappa shape index (κ3) is 3.47. The summed E-state index contributed by atoms with van der Waals surface area (Å²) < 4.78 is 0.224. The highest BCUT2D eigenvalue weighted by Crippen LogP contribution is 2.34. The smallest absolute Gasteiger partial charge is 0.294 e. The standard InChI is InChI=1S/C11H7BrN8O3/c12-7-1-5(10(14)21)2-8(20(22)23)9(7)15-4-6(3-13)11-16-18-19-17-11/h1-2,4,15H,(H2,14,21)(H,16,17,18,19). The lowest BCUT2D eigenvalue weighted by atomic mass is 10.1. The van der Waals surface area contributed by atoms with E-state index in [1.807, 2.05) is 6.07 Å². The van der Waals surface area contributed by atoms with Crippen molar-refractivity contribution < 1.29 is 9.72 Å². The molecule has 2 rings (SSSR count). The SMILES string of the molecule is N#CC(=CNc1c(Br)cc(C(N)=O)cc1[N+](=O)[O-])c1nn[nH]n1. The Morgan fingerprint density at radius 1 is 1.57 bits per heavy atom. The molecule has 1 amide bonds. The second kappa shape index (κ2) is 6.62. The molecule has 0 bridgehead atoms. The fraction of sp³-hybridized carbons (Fsp3) is 0. The number of hydrogen-bond donors (Lipinski definition) is 3. The lowest BCUT2D eigenvalue weighted by Crippen LogP contribution is -2.12. The number of anilines is 1. The first-order valence-corrected chi connectivity index (χ1v) is 6.61. The summed E-state index contributed by atoms with van der Waals surface area (Å²) in [5, 5.41) is 35.6. The Morgan fingerprint density at radius 2 is 2.30 bits per heavy atom. The van der Waals surface area contributed by atoms with Crippen LogP contribution in [-0.2, 0) is 0 Å². The molecule has 0 fully saturated rings. The second-order valence-electron chi connectivity index (χ2n) is 4.02. The average Bonchev–Trinajstić information content (AvgIpc) is 3.02. The van der Waals surface area contributed by atoms with Crippen molar-refractivity contribution in [1.29, 1.82) is 5.26 Å². The number of allylic oxidation sites excluding steroid dienone is 1. The number of amides is 1. The first-order chi connectivity index (χ1) is 10.9. The highest BCUT2D eigenvalue weighted by molar-refractivity contribution is 9.10. The van der Waals surface area contributed by atoms with Gasteiger partial charge in [0.1, 0.15) is 17.3 Å². The van der Waals surface area contributed by atoms with E-state index in [2.05, 4.69) is 41.9 Å². The summed E-state index contributed by atoms with van der Waals surface area (Å²) in [6, 6.07) is 4.18. The van der Waals surface area contributed by atoms with E-state index in [4.69, 9.17) is 11.0 Å². The number of aromatic nitrogens is 4. The topological polar surface area (TPSA) is 177 Å². The molecular formula is C11H7BrN8O3. The van der Waals surface area contributed by atoms with E-state index in [9.17, 15) is 14.9 Å². The first-order valence-electron chi connectivity index (χ1n) is 5.82. The summed E-state index contributed by atoms with van der Waals surface area (Å²) in [6.07, 6.45) is 1.18. The van der Waals surface area contributed by atoms with E-state index in [-0.39, 0.29) is 27.1 Å². The average molecular weight is 379 g/mol. The minimum Gasteiger partial charge on any atom is -0.366 e. The molecule has 1 aromatic heterocycles. The van der Waals surface area contributed by atoms with Gasteiger partial charge in [0, 0.05) is 22.3 Å². The van der Waals surface area contributed by atoms with Crippen LogP contribution in [0.2, 0.25) is 0 Å². The Labute approximate surface area is 136 Å². The summed E-state index contributed by atoms with van der Waals surface area (Å²) in [5.41, 5.74) is 4.74. The number of nitrogens with zero attached hydrogens (tertiary/aromatic N) is 5. The molecule has 1 aromatic carbocycles. The van der Waals surface area contributed by atoms with Gasteiger partial charge in [0.05, 0.1) is 4.92 Å². The molecule has 4 N–H and O–H groups in total. The predicted molar refractivity (Wildman–Crippen MR) is 80.7 cm³/mol. The van der Waals surface area contributed by atoms with E-state index in [1.165, 1.54) is 12.3 Å². The Balaban J connectivity index is 2.45. The van der Waals surface area contributed by atoms with E-state index >= 15 is 0 Å². The molecule has 0 atom stereocenters. The number of carbonyl (C=O) groups is 1. The zero-order chi connectivity index (χ0) is 17.0. The van der Waals surface area contributed by atoms with Crippen molar-refractivity contribution in [1.82, 2.24) is 20.6 Å². The number of tetrazole rings is 1. The highest BCUT2D eigenvalue weighted by Gasteiger charge is 2.20. The highest BCUT2D eigenvalue weighted by atomic mass is 79.9. The summed E-state index contributed by atoms with van der Waals surface area (Å²) in [7, 11) is 0. The van der Waals surface area contributed by atoms with Crippen LogP contribution in [0.3, 0.4) is 0 Å². The van der Waals surface area contributed by atoms with Crippen molar-refractivity contribution in [3.05, 3.63) is 44.3 Å². The lowest BCUT2D eigenvalue weighted by molar-refractivity contribution is -0.384. The number of hydrogen-bond acceptors (Lipinski definition) is 8. The van der Waals surface area contributed by atoms with E-state index in [0.29, 0.717) is 0 Å². The fourth-order valence-corrected chi connectivity index (χ4v) is 2.15. The van der Waals surface area contributed by atoms with Crippen LogP contribution in [0.4, 0.5) is 11.4 Å². The van der Waals surface area contributed by atoms with Gasteiger partial charge < -0.3 is 11.1 Å². The van der Waals surface area contributed by atoms with Gasteiger partial charge in [-0.1, -0.05) is 0 Å². The van der Waals surface area contributed by atoms with E-state index < -0.39 is 16.5 Å². The minimum atomic E-state index is -0.805. The summed E-state index contributed by atoms with van der Waals surface area (Å²) >= 11 is 3.12. The zero-order valence-corrected chi connectivity index (χ0v) is 12.7. The van der Waals surface area contributed by atoms with Crippen LogP contribution >= 0.6 is 15.9 Å². The summed E-state index contributed by atoms with van der Waals surface area (Å²) in [5.74, 6) is -0.784. The lowest BCUT2D eigenvalue weighted by Gasteiger charge is -2.07. The van der Waals surface area contributed by atoms with Crippen molar-refractivity contribution in [3.63, 3.8) is 0 Å². The number of aromatic amines is 1. The molecule has 0 aliphatic carbocycles. The Morgan fingerprint density at radius 3 is 2.83 bits per heavy atom. The number of nitrogens with two attached hydrogens (primary N) is 1. The maximum atomic E-state index is 11.2. The molecule has 11 nitrogen and oxygen atoms in total. The van der Waals surface area contributed by atoms with Crippen LogP contribution in [0.15, 0.2) is 22.8 Å². The van der Waals surface area contributed by atoms with E-state index in [0.717, 1.165) is 6.07 Å². The number of nitrogens with one attached hydrogen (secondary N) is 2. The number of H-pyrrole nitrogens is 1. The van der Waals surface area contributed by atoms with Crippen LogP contribution in [0, 0.1) is 21.4 Å². The van der Waals surface area contributed by atoms with Gasteiger partial charge in [-0.05, 0) is 27.2 Å². The molecule has 0 aliphatic rings. The van der Waals surface area contributed by atoms with Gasteiger partial charge in [-0.2, -0.15) is 10.5 Å². The van der Waals surface area contributed by atoms with Gasteiger partial charge in [-0.15, -0.1) is 10.2 Å². The number of halogens is 1. The molecule has 0 unspecified atom stereocenters. The van der Waals surface area contributed by atoms with Gasteiger partial charge in [0.25, 0.3) is 5.69 Å². The third-order valence-electron chi connectivity index (χ3n) is 2.62. The quantitative estimate of drug-likeness (QED) is 0.390. The van der Waals surface area contributed by atoms with Gasteiger partial charge in [0.15, 0.2) is 0 Å². The third-order valence-corrected chi connectivity index (χ3v) is 3.24. The number of nitro groups is 1. The molecule has 0 spiro atoms. The zero-order valence-electron chi connectivity index (χ0n) is 11.1. The van der Waals surface area contributed by atoms with Gasteiger partial charge >= 0.3 is 0 Å². The molecule has 0 saturated carbocycles. The molecular weight excluding hydrogens is 372 g/mol. The molecule has 0 saturated heterocycles. The van der Waals surface area contributed by atoms with Crippen molar-refractivity contribution in [2.75, 3.05) is 5.32 Å². The van der Waals surface area contributed by atoms with Crippen molar-refractivity contribution in [2.24, 2.45) is 5.73 Å². The van der Waals surface area contributed by atoms with Crippen LogP contribution in [-0.4, -0.2) is 31.5 Å². The van der Waals surface area contributed by atoms with Gasteiger partial charge in [-0.3, -0.25) is 14.9 Å². The molecule has 116 valence electrons. The molecule has 0 aliphatic heterocycles. The Kier molecular flexibility index (Phi) is 4.62. The number of benzene rings is 1. The van der Waals surface area contributed by atoms with Crippen LogP contribution in [0.25, 0.3) is 5.57 Å². The largest absolute Gasteiger partial charge is 0.366 e. The number of carbonyl (C=O) groups excluding carboxylic acids is 1. The summed E-state index contributed by atoms with van der Waals surface area (Å²) in [6.45, 7) is 0. The second-order valence-corrected chi connectivity index (χ2v) is 4.88. The minimum absolute atomic E-state index is 0.000995. The molecule has 0 radical (unpaired) electrons. The maximum absolute atomic E-state index is 11.2. The number of nitriles is 1. The number of primary amides is 1. The monoisotopic (exact) mass is 378 g/mol. The molecule has 12 heteroatoms. The Hall–Kier alpha value is -3.33. The van der Waals surface area contributed by atoms with Crippen molar-refractivity contribution >= 4 is 38.8 Å². The molecule has 2 aromatic rings. The predicted octanol–water partition coefficient (Wildman–Crippen LogP) is 0.946. The van der Waals surface area contributed by atoms with Crippen LogP contribution in [0.5, 0.6) is 0 Å². The van der Waals surface area contributed by atoms with Gasteiger partial charge in [-0.25, -0.2) is 0 Å². The summed E-state index contributed by atoms with van der Waals surface area (Å²) in [4.78, 5) is 21.7. The van der Waals surface area contributed by atoms with Crippen LogP contribution in [0.1, 0.15) is 16.2 Å². The van der Waals surface area contributed by atoms with E-state index in [1.54, 1.807) is 0 Å². The van der Waals surface area contributed by atoms with Crippen molar-refractivity contribution in [3.8, 4) is 6.07 Å². The molecule has 23 heavy (non-hydrogen) atoms. The maximum Gasteiger partial charge on any atom is 0.294 e. The molecule has 1 heterocycles. The normalized spacial score (nSPS) is 10.9.